The van der Waals surface area contributed by atoms with E-state index in [-0.39, 0.29) is 17.6 Å². The quantitative estimate of drug-likeness (QED) is 0.793. The van der Waals surface area contributed by atoms with E-state index < -0.39 is 6.04 Å². The number of likely N-dealkylation sites (tertiary alicyclic amines) is 1. The van der Waals surface area contributed by atoms with Crippen LogP contribution in [0.4, 0.5) is 15.2 Å². The normalized spacial score (nSPS) is 16.6. The molecule has 144 valence electrons. The first-order valence-electron chi connectivity index (χ1n) is 9.01. The van der Waals surface area contributed by atoms with Crippen molar-refractivity contribution in [2.24, 2.45) is 5.92 Å². The molecule has 1 atom stereocenters. The van der Waals surface area contributed by atoms with Crippen molar-refractivity contribution >= 4 is 34.0 Å². The molecule has 6 nitrogen and oxygen atoms in total. The third-order valence-electron chi connectivity index (χ3n) is 4.32. The number of hydrogen-bond acceptors (Lipinski definition) is 5. The van der Waals surface area contributed by atoms with Crippen LogP contribution in [0.5, 0.6) is 0 Å². The topological polar surface area (TPSA) is 74.3 Å². The van der Waals surface area contributed by atoms with E-state index in [1.807, 2.05) is 13.8 Å². The molecule has 0 unspecified atom stereocenters. The first-order chi connectivity index (χ1) is 12.9. The molecule has 1 aliphatic heterocycles. The van der Waals surface area contributed by atoms with E-state index in [2.05, 4.69) is 15.6 Å². The van der Waals surface area contributed by atoms with Crippen molar-refractivity contribution in [3.05, 3.63) is 41.2 Å². The van der Waals surface area contributed by atoms with Gasteiger partial charge in [0, 0.05) is 24.2 Å². The third kappa shape index (κ3) is 4.82. The van der Waals surface area contributed by atoms with E-state index >= 15 is 0 Å². The molecule has 1 aromatic carbocycles. The predicted octanol–water partition coefficient (Wildman–Crippen LogP) is 3.40. The van der Waals surface area contributed by atoms with Gasteiger partial charge >= 0.3 is 0 Å². The lowest BCUT2D eigenvalue weighted by Crippen LogP contribution is -2.46. The summed E-state index contributed by atoms with van der Waals surface area (Å²) in [6.07, 6.45) is 1.47. The second-order valence-corrected chi connectivity index (χ2v) is 7.82. The molecule has 0 saturated carbocycles. The van der Waals surface area contributed by atoms with Crippen molar-refractivity contribution in [2.45, 2.75) is 32.7 Å². The Morgan fingerprint density at radius 3 is 2.78 bits per heavy atom. The first-order valence-corrected chi connectivity index (χ1v) is 9.89. The van der Waals surface area contributed by atoms with Gasteiger partial charge in [0.25, 0.3) is 5.91 Å². The van der Waals surface area contributed by atoms with Crippen LogP contribution >= 0.6 is 11.3 Å². The lowest BCUT2D eigenvalue weighted by Gasteiger charge is -2.23. The van der Waals surface area contributed by atoms with Gasteiger partial charge in [-0.05, 0) is 43.0 Å². The minimum Gasteiger partial charge on any atom is -0.354 e. The van der Waals surface area contributed by atoms with Gasteiger partial charge in [0.1, 0.15) is 17.6 Å². The largest absolute Gasteiger partial charge is 0.354 e. The average molecular weight is 390 g/mol. The average Bonchev–Trinajstić information content (AvgIpc) is 3.30. The molecule has 3 rings (SSSR count). The molecule has 0 bridgehead atoms. The second kappa shape index (κ2) is 8.47. The summed E-state index contributed by atoms with van der Waals surface area (Å²) in [7, 11) is 0. The van der Waals surface area contributed by atoms with Crippen LogP contribution in [0.3, 0.4) is 0 Å². The number of amides is 2. The highest BCUT2D eigenvalue weighted by Gasteiger charge is 2.35. The van der Waals surface area contributed by atoms with E-state index in [1.165, 1.54) is 23.5 Å². The van der Waals surface area contributed by atoms with Gasteiger partial charge in [-0.1, -0.05) is 13.8 Å². The van der Waals surface area contributed by atoms with E-state index in [4.69, 9.17) is 0 Å². The highest BCUT2D eigenvalue weighted by atomic mass is 32.1. The zero-order valence-corrected chi connectivity index (χ0v) is 16.2. The number of aromatic nitrogens is 1. The molecular formula is C19H23FN4O2S. The number of thiazole rings is 1. The van der Waals surface area contributed by atoms with E-state index in [0.717, 1.165) is 6.42 Å². The SMILES string of the molecule is CC(C)CNC(=O)[C@@H]1CCCN1C(=O)c1csc(Nc2ccc(F)cc2)n1. The van der Waals surface area contributed by atoms with Crippen molar-refractivity contribution in [3.8, 4) is 0 Å². The van der Waals surface area contributed by atoms with Crippen molar-refractivity contribution in [2.75, 3.05) is 18.4 Å². The van der Waals surface area contributed by atoms with Gasteiger partial charge < -0.3 is 15.5 Å². The van der Waals surface area contributed by atoms with Crippen LogP contribution in [-0.4, -0.2) is 40.8 Å². The Morgan fingerprint density at radius 2 is 2.07 bits per heavy atom. The zero-order valence-electron chi connectivity index (χ0n) is 15.4. The summed E-state index contributed by atoms with van der Waals surface area (Å²) in [5, 5.41) is 8.19. The molecule has 1 aromatic heterocycles. The van der Waals surface area contributed by atoms with Gasteiger partial charge in [0.05, 0.1) is 0 Å². The van der Waals surface area contributed by atoms with Crippen LogP contribution in [-0.2, 0) is 4.79 Å². The number of benzene rings is 1. The zero-order chi connectivity index (χ0) is 19.4. The predicted molar refractivity (Wildman–Crippen MR) is 104 cm³/mol. The van der Waals surface area contributed by atoms with Gasteiger partial charge in [-0.25, -0.2) is 9.37 Å². The smallest absolute Gasteiger partial charge is 0.274 e. The van der Waals surface area contributed by atoms with Gasteiger partial charge in [-0.3, -0.25) is 9.59 Å². The fraction of sp³-hybridized carbons (Fsp3) is 0.421. The fourth-order valence-corrected chi connectivity index (χ4v) is 3.64. The van der Waals surface area contributed by atoms with Crippen LogP contribution in [0.2, 0.25) is 0 Å². The molecule has 2 N–H and O–H groups in total. The molecule has 0 spiro atoms. The summed E-state index contributed by atoms with van der Waals surface area (Å²) in [5.41, 5.74) is 1.00. The summed E-state index contributed by atoms with van der Waals surface area (Å²) in [6, 6.07) is 5.48. The molecule has 27 heavy (non-hydrogen) atoms. The molecule has 1 saturated heterocycles. The molecule has 0 radical (unpaired) electrons. The minimum absolute atomic E-state index is 0.102. The number of hydrogen-bond donors (Lipinski definition) is 2. The molecular weight excluding hydrogens is 367 g/mol. The Morgan fingerprint density at radius 1 is 1.33 bits per heavy atom. The Bertz CT molecular complexity index is 806. The standard InChI is InChI=1S/C19H23FN4O2S/c1-12(2)10-21-17(25)16-4-3-9-24(16)18(26)15-11-27-19(23-15)22-14-7-5-13(20)6-8-14/h5-8,11-12,16H,3-4,9-10H2,1-2H3,(H,21,25)(H,22,23)/t16-/m0/s1. The molecule has 2 heterocycles. The Labute approximate surface area is 161 Å². The summed E-state index contributed by atoms with van der Waals surface area (Å²) >= 11 is 1.30. The van der Waals surface area contributed by atoms with E-state index in [0.29, 0.717) is 41.9 Å². The van der Waals surface area contributed by atoms with Gasteiger partial charge in [0.2, 0.25) is 5.91 Å². The highest BCUT2D eigenvalue weighted by Crippen LogP contribution is 2.25. The number of carbonyl (C=O) groups is 2. The lowest BCUT2D eigenvalue weighted by atomic mass is 10.1. The molecule has 2 amide bonds. The molecule has 8 heteroatoms. The van der Waals surface area contributed by atoms with E-state index in [9.17, 15) is 14.0 Å². The monoisotopic (exact) mass is 390 g/mol. The number of anilines is 2. The maximum Gasteiger partial charge on any atom is 0.274 e. The summed E-state index contributed by atoms with van der Waals surface area (Å²) in [4.78, 5) is 31.2. The van der Waals surface area contributed by atoms with Crippen molar-refractivity contribution in [1.82, 2.24) is 15.2 Å². The summed E-state index contributed by atoms with van der Waals surface area (Å²) in [5.74, 6) is -0.292. The van der Waals surface area contributed by atoms with E-state index in [1.54, 1.807) is 22.4 Å². The number of nitrogens with one attached hydrogen (secondary N) is 2. The van der Waals surface area contributed by atoms with Crippen molar-refractivity contribution in [1.29, 1.82) is 0 Å². The minimum atomic E-state index is -0.438. The number of halogens is 1. The summed E-state index contributed by atoms with van der Waals surface area (Å²) < 4.78 is 13.0. The summed E-state index contributed by atoms with van der Waals surface area (Å²) in [6.45, 7) is 5.21. The van der Waals surface area contributed by atoms with Crippen molar-refractivity contribution in [3.63, 3.8) is 0 Å². The lowest BCUT2D eigenvalue weighted by molar-refractivity contribution is -0.125. The highest BCUT2D eigenvalue weighted by molar-refractivity contribution is 7.14. The molecule has 1 fully saturated rings. The van der Waals surface area contributed by atoms with Crippen LogP contribution in [0.25, 0.3) is 0 Å². The number of rotatable bonds is 6. The van der Waals surface area contributed by atoms with Gasteiger partial charge in [-0.2, -0.15) is 0 Å². The first kappa shape index (κ1) is 19.3. The Balaban J connectivity index is 1.65. The fourth-order valence-electron chi connectivity index (χ4n) is 2.94. The molecule has 0 aliphatic carbocycles. The second-order valence-electron chi connectivity index (χ2n) is 6.97. The van der Waals surface area contributed by atoms with Gasteiger partial charge in [-0.15, -0.1) is 11.3 Å². The van der Waals surface area contributed by atoms with Crippen LogP contribution in [0.1, 0.15) is 37.2 Å². The van der Waals surface area contributed by atoms with Crippen LogP contribution < -0.4 is 10.6 Å². The number of nitrogens with zero attached hydrogens (tertiary/aromatic N) is 2. The molecule has 1 aliphatic rings. The third-order valence-corrected chi connectivity index (χ3v) is 5.08. The van der Waals surface area contributed by atoms with Crippen molar-refractivity contribution < 1.29 is 14.0 Å². The number of carbonyl (C=O) groups excluding carboxylic acids is 2. The Hall–Kier alpha value is -2.48. The Kier molecular flexibility index (Phi) is 6.05. The maximum absolute atomic E-state index is 13.0. The maximum atomic E-state index is 13.0. The van der Waals surface area contributed by atoms with Crippen LogP contribution in [0.15, 0.2) is 29.6 Å². The van der Waals surface area contributed by atoms with Crippen LogP contribution in [0, 0.1) is 11.7 Å². The van der Waals surface area contributed by atoms with Gasteiger partial charge in [0.15, 0.2) is 5.13 Å². The molecule has 2 aromatic rings.